The number of benzene rings is 1. The summed E-state index contributed by atoms with van der Waals surface area (Å²) in [5.41, 5.74) is 0.245. The van der Waals surface area contributed by atoms with Crippen molar-refractivity contribution in [2.45, 2.75) is 19.9 Å². The van der Waals surface area contributed by atoms with Crippen molar-refractivity contribution in [3.05, 3.63) is 29.8 Å². The molecule has 0 aliphatic carbocycles. The Labute approximate surface area is 128 Å². The molecule has 0 spiro atoms. The van der Waals surface area contributed by atoms with Crippen molar-refractivity contribution in [3.63, 3.8) is 0 Å². The molecular weight excluding hydrogens is 290 g/mol. The average Bonchev–Trinajstić information content (AvgIpc) is 2.49. The summed E-state index contributed by atoms with van der Waals surface area (Å²) in [6.07, 6.45) is 0. The SMILES string of the molecule is COC(=O)COc1cccc(C(=O)N[C@@H](C(=O)O)C(C)C)c1. The third-order valence-electron chi connectivity index (χ3n) is 2.90. The van der Waals surface area contributed by atoms with E-state index in [1.165, 1.54) is 19.2 Å². The quantitative estimate of drug-likeness (QED) is 0.731. The Balaban J connectivity index is 2.77. The van der Waals surface area contributed by atoms with Crippen molar-refractivity contribution in [2.75, 3.05) is 13.7 Å². The fourth-order valence-corrected chi connectivity index (χ4v) is 1.67. The Morgan fingerprint density at radius 3 is 2.50 bits per heavy atom. The van der Waals surface area contributed by atoms with Crippen LogP contribution < -0.4 is 10.1 Å². The van der Waals surface area contributed by atoms with Crippen molar-refractivity contribution in [2.24, 2.45) is 5.92 Å². The molecule has 7 nitrogen and oxygen atoms in total. The van der Waals surface area contributed by atoms with Crippen LogP contribution in [0.15, 0.2) is 24.3 Å². The molecule has 120 valence electrons. The van der Waals surface area contributed by atoms with Gasteiger partial charge in [0.2, 0.25) is 0 Å². The van der Waals surface area contributed by atoms with Crippen molar-refractivity contribution >= 4 is 17.8 Å². The van der Waals surface area contributed by atoms with E-state index in [0.29, 0.717) is 5.75 Å². The molecule has 0 saturated carbocycles. The third-order valence-corrected chi connectivity index (χ3v) is 2.90. The molecule has 1 rings (SSSR count). The molecule has 1 amide bonds. The summed E-state index contributed by atoms with van der Waals surface area (Å²) >= 11 is 0. The number of hydrogen-bond acceptors (Lipinski definition) is 5. The third kappa shape index (κ3) is 5.08. The number of carbonyl (C=O) groups is 3. The van der Waals surface area contributed by atoms with Crippen molar-refractivity contribution in [1.82, 2.24) is 5.32 Å². The Morgan fingerprint density at radius 1 is 1.27 bits per heavy atom. The van der Waals surface area contributed by atoms with Gasteiger partial charge in [-0.25, -0.2) is 9.59 Å². The van der Waals surface area contributed by atoms with Crippen LogP contribution in [0.2, 0.25) is 0 Å². The number of carboxylic acids is 1. The fraction of sp³-hybridized carbons (Fsp3) is 0.400. The largest absolute Gasteiger partial charge is 0.482 e. The van der Waals surface area contributed by atoms with Gasteiger partial charge < -0.3 is 19.9 Å². The highest BCUT2D eigenvalue weighted by Gasteiger charge is 2.24. The number of rotatable bonds is 7. The van der Waals surface area contributed by atoms with Gasteiger partial charge >= 0.3 is 11.9 Å². The zero-order valence-electron chi connectivity index (χ0n) is 12.7. The van der Waals surface area contributed by atoms with E-state index in [-0.39, 0.29) is 18.1 Å². The summed E-state index contributed by atoms with van der Waals surface area (Å²) in [7, 11) is 1.24. The first-order valence-corrected chi connectivity index (χ1v) is 6.68. The van der Waals surface area contributed by atoms with Crippen LogP contribution in [0.3, 0.4) is 0 Å². The minimum Gasteiger partial charge on any atom is -0.482 e. The van der Waals surface area contributed by atoms with E-state index < -0.39 is 23.9 Å². The summed E-state index contributed by atoms with van der Waals surface area (Å²) in [4.78, 5) is 34.2. The topological polar surface area (TPSA) is 102 Å². The molecule has 1 atom stereocenters. The number of carboxylic acid groups (broad SMARTS) is 1. The van der Waals surface area contributed by atoms with Crippen molar-refractivity contribution in [1.29, 1.82) is 0 Å². The smallest absolute Gasteiger partial charge is 0.343 e. The molecule has 0 unspecified atom stereocenters. The molecule has 22 heavy (non-hydrogen) atoms. The lowest BCUT2D eigenvalue weighted by molar-refractivity contribution is -0.143. The molecule has 0 aromatic heterocycles. The van der Waals surface area contributed by atoms with Crippen molar-refractivity contribution in [3.8, 4) is 5.75 Å². The van der Waals surface area contributed by atoms with Crippen LogP contribution in [-0.2, 0) is 14.3 Å². The zero-order valence-corrected chi connectivity index (χ0v) is 12.7. The molecular formula is C15H19NO6. The molecule has 2 N–H and O–H groups in total. The van der Waals surface area contributed by atoms with Gasteiger partial charge in [0, 0.05) is 5.56 Å². The Morgan fingerprint density at radius 2 is 1.95 bits per heavy atom. The summed E-state index contributed by atoms with van der Waals surface area (Å²) in [5.74, 6) is -2.10. The van der Waals surface area contributed by atoms with Crippen LogP contribution >= 0.6 is 0 Å². The number of carbonyl (C=O) groups excluding carboxylic acids is 2. The summed E-state index contributed by atoms with van der Waals surface area (Å²) in [6.45, 7) is 3.13. The Kier molecular flexibility index (Phi) is 6.37. The maximum atomic E-state index is 12.1. The molecule has 0 aliphatic rings. The number of hydrogen-bond donors (Lipinski definition) is 2. The highest BCUT2D eigenvalue weighted by molar-refractivity contribution is 5.97. The fourth-order valence-electron chi connectivity index (χ4n) is 1.67. The lowest BCUT2D eigenvalue weighted by Crippen LogP contribution is -2.44. The second-order valence-electron chi connectivity index (χ2n) is 4.93. The maximum absolute atomic E-state index is 12.1. The van der Waals surface area contributed by atoms with Crippen LogP contribution in [0.4, 0.5) is 0 Å². The van der Waals surface area contributed by atoms with E-state index in [4.69, 9.17) is 9.84 Å². The molecule has 0 bridgehead atoms. The van der Waals surface area contributed by atoms with Gasteiger partial charge in [-0.1, -0.05) is 19.9 Å². The highest BCUT2D eigenvalue weighted by atomic mass is 16.6. The molecule has 1 aromatic rings. The highest BCUT2D eigenvalue weighted by Crippen LogP contribution is 2.14. The van der Waals surface area contributed by atoms with Gasteiger partial charge in [0.1, 0.15) is 11.8 Å². The number of nitrogens with one attached hydrogen (secondary N) is 1. The molecule has 7 heteroatoms. The molecule has 1 aromatic carbocycles. The molecule has 0 radical (unpaired) electrons. The average molecular weight is 309 g/mol. The minimum atomic E-state index is -1.10. The van der Waals surface area contributed by atoms with Gasteiger partial charge in [-0.15, -0.1) is 0 Å². The zero-order chi connectivity index (χ0) is 16.7. The number of aliphatic carboxylic acids is 1. The predicted octanol–water partition coefficient (Wildman–Crippen LogP) is 1.08. The monoisotopic (exact) mass is 309 g/mol. The van der Waals surface area contributed by atoms with Crippen molar-refractivity contribution < 1.29 is 29.0 Å². The van der Waals surface area contributed by atoms with Crippen LogP contribution in [0.25, 0.3) is 0 Å². The van der Waals surface area contributed by atoms with Gasteiger partial charge in [-0.2, -0.15) is 0 Å². The van der Waals surface area contributed by atoms with E-state index in [1.807, 2.05) is 0 Å². The molecule has 0 aliphatic heterocycles. The Bertz CT molecular complexity index is 555. The molecule has 0 fully saturated rings. The van der Waals surface area contributed by atoms with E-state index in [2.05, 4.69) is 10.1 Å². The van der Waals surface area contributed by atoms with E-state index in [9.17, 15) is 14.4 Å². The first-order chi connectivity index (χ1) is 10.3. The summed E-state index contributed by atoms with van der Waals surface area (Å²) < 4.78 is 9.62. The molecule has 0 saturated heterocycles. The predicted molar refractivity (Wildman–Crippen MR) is 77.7 cm³/mol. The standard InChI is InChI=1S/C15H19NO6/c1-9(2)13(15(19)20)16-14(18)10-5-4-6-11(7-10)22-8-12(17)21-3/h4-7,9,13H,8H2,1-3H3,(H,16,18)(H,19,20)/t13-/m1/s1. The van der Waals surface area contributed by atoms with Gasteiger partial charge in [0.05, 0.1) is 7.11 Å². The number of esters is 1. The van der Waals surface area contributed by atoms with Crippen LogP contribution in [-0.4, -0.2) is 42.7 Å². The first kappa shape index (κ1) is 17.5. The summed E-state index contributed by atoms with van der Waals surface area (Å²) in [5, 5.41) is 11.5. The minimum absolute atomic E-state index is 0.245. The first-order valence-electron chi connectivity index (χ1n) is 6.68. The number of ether oxygens (including phenoxy) is 2. The van der Waals surface area contributed by atoms with Crippen LogP contribution in [0.1, 0.15) is 24.2 Å². The van der Waals surface area contributed by atoms with E-state index in [1.54, 1.807) is 26.0 Å². The van der Waals surface area contributed by atoms with Crippen LogP contribution in [0, 0.1) is 5.92 Å². The van der Waals surface area contributed by atoms with Crippen LogP contribution in [0.5, 0.6) is 5.75 Å². The van der Waals surface area contributed by atoms with Gasteiger partial charge in [-0.05, 0) is 24.1 Å². The van der Waals surface area contributed by atoms with Gasteiger partial charge in [0.25, 0.3) is 5.91 Å². The lowest BCUT2D eigenvalue weighted by Gasteiger charge is -2.18. The maximum Gasteiger partial charge on any atom is 0.343 e. The molecule has 0 heterocycles. The van der Waals surface area contributed by atoms with E-state index in [0.717, 1.165) is 0 Å². The second kappa shape index (κ2) is 8.02. The summed E-state index contributed by atoms with van der Waals surface area (Å²) in [6, 6.07) is 5.13. The number of methoxy groups -OCH3 is 1. The Hall–Kier alpha value is -2.57. The number of amides is 1. The normalized spacial score (nSPS) is 11.6. The van der Waals surface area contributed by atoms with Gasteiger partial charge in [-0.3, -0.25) is 4.79 Å². The van der Waals surface area contributed by atoms with Gasteiger partial charge in [0.15, 0.2) is 6.61 Å². The second-order valence-corrected chi connectivity index (χ2v) is 4.93. The lowest BCUT2D eigenvalue weighted by atomic mass is 10.0. The van der Waals surface area contributed by atoms with E-state index >= 15 is 0 Å².